The van der Waals surface area contributed by atoms with Gasteiger partial charge in [0.1, 0.15) is 5.82 Å². The Morgan fingerprint density at radius 2 is 1.96 bits per heavy atom. The van der Waals surface area contributed by atoms with E-state index < -0.39 is 5.82 Å². The first-order chi connectivity index (χ1) is 12.0. The molecule has 3 rings (SSSR count). The van der Waals surface area contributed by atoms with Gasteiger partial charge in [-0.15, -0.1) is 0 Å². The second-order valence-corrected chi connectivity index (χ2v) is 5.74. The van der Waals surface area contributed by atoms with E-state index in [1.165, 1.54) is 6.07 Å². The van der Waals surface area contributed by atoms with E-state index in [9.17, 15) is 9.18 Å². The number of anilines is 1. The van der Waals surface area contributed by atoms with Gasteiger partial charge in [0.2, 0.25) is 5.82 Å². The maximum atomic E-state index is 13.8. The Balaban J connectivity index is 1.82. The van der Waals surface area contributed by atoms with Gasteiger partial charge in [-0.1, -0.05) is 29.4 Å². The molecule has 0 radical (unpaired) electrons. The summed E-state index contributed by atoms with van der Waals surface area (Å²) in [6, 6.07) is 12.9. The zero-order valence-corrected chi connectivity index (χ0v) is 13.8. The van der Waals surface area contributed by atoms with E-state index in [2.05, 4.69) is 20.8 Å². The second kappa shape index (κ2) is 7.12. The van der Waals surface area contributed by atoms with Gasteiger partial charge >= 0.3 is 6.03 Å². The highest BCUT2D eigenvalue weighted by molar-refractivity contribution is 5.90. The Hall–Kier alpha value is -3.22. The summed E-state index contributed by atoms with van der Waals surface area (Å²) in [7, 11) is 0. The summed E-state index contributed by atoms with van der Waals surface area (Å²) >= 11 is 0. The predicted molar refractivity (Wildman–Crippen MR) is 92.4 cm³/mol. The molecular weight excluding hydrogens is 323 g/mol. The highest BCUT2D eigenvalue weighted by Crippen LogP contribution is 2.25. The van der Waals surface area contributed by atoms with E-state index in [-0.39, 0.29) is 23.5 Å². The molecule has 0 unspecified atom stereocenters. The lowest BCUT2D eigenvalue weighted by atomic mass is 10.2. The van der Waals surface area contributed by atoms with Crippen LogP contribution in [-0.2, 0) is 0 Å². The second-order valence-electron chi connectivity index (χ2n) is 5.74. The molecule has 128 valence electrons. The number of nitrogens with zero attached hydrogens (tertiary/aromatic N) is 2. The van der Waals surface area contributed by atoms with Gasteiger partial charge in [0.15, 0.2) is 0 Å². The molecule has 0 aliphatic carbocycles. The lowest BCUT2D eigenvalue weighted by Gasteiger charge is -2.10. The zero-order valence-electron chi connectivity index (χ0n) is 13.8. The van der Waals surface area contributed by atoms with Gasteiger partial charge in [0.05, 0.1) is 5.56 Å². The average Bonchev–Trinajstić information content (AvgIpc) is 3.04. The Morgan fingerprint density at radius 1 is 1.16 bits per heavy atom. The number of benzene rings is 2. The average molecular weight is 340 g/mol. The topological polar surface area (TPSA) is 80.0 Å². The number of amides is 2. The Kier molecular flexibility index (Phi) is 4.74. The van der Waals surface area contributed by atoms with Crippen LogP contribution in [0.5, 0.6) is 0 Å². The fourth-order valence-corrected chi connectivity index (χ4v) is 2.25. The number of hydrogen-bond donors (Lipinski definition) is 2. The van der Waals surface area contributed by atoms with Crippen molar-refractivity contribution in [2.45, 2.75) is 19.9 Å². The molecule has 3 aromatic rings. The highest BCUT2D eigenvalue weighted by Gasteiger charge is 2.14. The minimum absolute atomic E-state index is 0.0312. The summed E-state index contributed by atoms with van der Waals surface area (Å²) in [5, 5.41) is 9.37. The van der Waals surface area contributed by atoms with Crippen LogP contribution in [0.1, 0.15) is 13.8 Å². The van der Waals surface area contributed by atoms with Gasteiger partial charge in [0.25, 0.3) is 5.89 Å². The normalized spacial score (nSPS) is 10.7. The first-order valence-electron chi connectivity index (χ1n) is 7.79. The van der Waals surface area contributed by atoms with Crippen molar-refractivity contribution in [3.63, 3.8) is 0 Å². The predicted octanol–water partition coefficient (Wildman–Crippen LogP) is 4.07. The van der Waals surface area contributed by atoms with E-state index in [0.717, 1.165) is 0 Å². The van der Waals surface area contributed by atoms with Crippen molar-refractivity contribution in [1.29, 1.82) is 0 Å². The monoisotopic (exact) mass is 340 g/mol. The van der Waals surface area contributed by atoms with E-state index in [1.54, 1.807) is 42.5 Å². The summed E-state index contributed by atoms with van der Waals surface area (Å²) in [5.74, 6) is -0.0198. The third-order valence-electron chi connectivity index (χ3n) is 3.33. The molecule has 1 aromatic heterocycles. The van der Waals surface area contributed by atoms with E-state index >= 15 is 0 Å². The first-order valence-corrected chi connectivity index (χ1v) is 7.79. The van der Waals surface area contributed by atoms with Crippen molar-refractivity contribution in [1.82, 2.24) is 15.5 Å². The fourth-order valence-electron chi connectivity index (χ4n) is 2.25. The summed E-state index contributed by atoms with van der Waals surface area (Å²) in [5.41, 5.74) is 1.48. The molecule has 0 aliphatic heterocycles. The number of urea groups is 1. The van der Waals surface area contributed by atoms with Gasteiger partial charge in [-0.2, -0.15) is 4.98 Å². The minimum Gasteiger partial charge on any atom is -0.336 e. The third-order valence-corrected chi connectivity index (χ3v) is 3.33. The Labute approximate surface area is 144 Å². The summed E-state index contributed by atoms with van der Waals surface area (Å²) in [6.07, 6.45) is 0. The molecule has 0 aliphatic rings. The van der Waals surface area contributed by atoms with Crippen LogP contribution >= 0.6 is 0 Å². The summed E-state index contributed by atoms with van der Waals surface area (Å²) < 4.78 is 19.0. The van der Waals surface area contributed by atoms with Crippen LogP contribution in [-0.4, -0.2) is 22.2 Å². The van der Waals surface area contributed by atoms with Crippen molar-refractivity contribution in [3.05, 3.63) is 54.3 Å². The minimum atomic E-state index is -0.432. The molecule has 0 atom stereocenters. The Bertz CT molecular complexity index is 892. The smallest absolute Gasteiger partial charge is 0.319 e. The van der Waals surface area contributed by atoms with Crippen molar-refractivity contribution >= 4 is 11.7 Å². The van der Waals surface area contributed by atoms with Gasteiger partial charge in [-0.05, 0) is 38.1 Å². The number of halogens is 1. The maximum absolute atomic E-state index is 13.8. The van der Waals surface area contributed by atoms with Crippen molar-refractivity contribution in [3.8, 4) is 22.8 Å². The van der Waals surface area contributed by atoms with Crippen molar-refractivity contribution < 1.29 is 13.7 Å². The molecule has 2 aromatic carbocycles. The van der Waals surface area contributed by atoms with Gasteiger partial charge in [0, 0.05) is 17.3 Å². The maximum Gasteiger partial charge on any atom is 0.319 e. The molecule has 2 N–H and O–H groups in total. The quantitative estimate of drug-likeness (QED) is 0.750. The molecule has 0 spiro atoms. The van der Waals surface area contributed by atoms with Crippen LogP contribution in [0.15, 0.2) is 53.1 Å². The largest absolute Gasteiger partial charge is 0.336 e. The number of hydrogen-bond acceptors (Lipinski definition) is 4. The molecular formula is C18H17FN4O2. The molecule has 0 saturated carbocycles. The summed E-state index contributed by atoms with van der Waals surface area (Å²) in [4.78, 5) is 16.0. The van der Waals surface area contributed by atoms with Crippen molar-refractivity contribution in [2.24, 2.45) is 0 Å². The van der Waals surface area contributed by atoms with Crippen molar-refractivity contribution in [2.75, 3.05) is 5.32 Å². The highest BCUT2D eigenvalue weighted by atomic mass is 19.1. The molecule has 2 amide bonds. The van der Waals surface area contributed by atoms with Gasteiger partial charge in [-0.3, -0.25) is 0 Å². The first kappa shape index (κ1) is 16.6. The van der Waals surface area contributed by atoms with E-state index in [0.29, 0.717) is 17.1 Å². The number of carbonyl (C=O) groups is 1. The van der Waals surface area contributed by atoms with Crippen LogP contribution in [0.4, 0.5) is 14.9 Å². The SMILES string of the molecule is CC(C)NC(=O)Nc1cccc(-c2noc(-c3ccccc3F)n2)c1. The van der Waals surface area contributed by atoms with Gasteiger partial charge < -0.3 is 15.2 Å². The molecule has 0 fully saturated rings. The number of nitrogens with one attached hydrogen (secondary N) is 2. The van der Waals surface area contributed by atoms with Crippen LogP contribution in [0.25, 0.3) is 22.8 Å². The lowest BCUT2D eigenvalue weighted by Crippen LogP contribution is -2.34. The van der Waals surface area contributed by atoms with E-state index in [4.69, 9.17) is 4.52 Å². The molecule has 6 nitrogen and oxygen atoms in total. The van der Waals surface area contributed by atoms with Gasteiger partial charge in [-0.25, -0.2) is 9.18 Å². The van der Waals surface area contributed by atoms with Crippen LogP contribution in [0.3, 0.4) is 0 Å². The van der Waals surface area contributed by atoms with Crippen LogP contribution in [0, 0.1) is 5.82 Å². The third kappa shape index (κ3) is 4.00. The molecule has 0 saturated heterocycles. The molecule has 25 heavy (non-hydrogen) atoms. The lowest BCUT2D eigenvalue weighted by molar-refractivity contribution is 0.250. The standard InChI is InChI=1S/C18H17FN4O2/c1-11(2)20-18(24)21-13-7-5-6-12(10-13)16-22-17(25-23-16)14-8-3-4-9-15(14)19/h3-11H,1-2H3,(H2,20,21,24). The van der Waals surface area contributed by atoms with Crippen LogP contribution in [0.2, 0.25) is 0 Å². The number of aromatic nitrogens is 2. The summed E-state index contributed by atoms with van der Waals surface area (Å²) in [6.45, 7) is 3.75. The number of rotatable bonds is 4. The molecule has 7 heteroatoms. The Morgan fingerprint density at radius 3 is 2.72 bits per heavy atom. The molecule has 0 bridgehead atoms. The fraction of sp³-hybridized carbons (Fsp3) is 0.167. The van der Waals surface area contributed by atoms with Crippen LogP contribution < -0.4 is 10.6 Å². The number of carbonyl (C=O) groups excluding carboxylic acids is 1. The van der Waals surface area contributed by atoms with E-state index in [1.807, 2.05) is 13.8 Å². The molecule has 1 heterocycles. The zero-order chi connectivity index (χ0) is 17.8.